The van der Waals surface area contributed by atoms with E-state index in [2.05, 4.69) is 27.2 Å². The Balaban J connectivity index is 1.96. The van der Waals surface area contributed by atoms with E-state index in [0.717, 1.165) is 35.9 Å². The molecule has 3 rings (SSSR count). The molecule has 1 aromatic carbocycles. The Morgan fingerprint density at radius 2 is 1.95 bits per heavy atom. The molecule has 5 nitrogen and oxygen atoms in total. The van der Waals surface area contributed by atoms with E-state index in [0.29, 0.717) is 17.4 Å². The van der Waals surface area contributed by atoms with Gasteiger partial charge in [0, 0.05) is 23.7 Å². The molecule has 2 aromatic heterocycles. The Hall–Kier alpha value is -2.69. The Labute approximate surface area is 129 Å². The van der Waals surface area contributed by atoms with E-state index in [1.54, 1.807) is 6.20 Å². The van der Waals surface area contributed by atoms with E-state index in [1.165, 1.54) is 0 Å². The lowest BCUT2D eigenvalue weighted by molar-refractivity contribution is 0.827. The van der Waals surface area contributed by atoms with Crippen LogP contribution in [0.25, 0.3) is 22.2 Å². The Kier molecular flexibility index (Phi) is 4.14. The maximum absolute atomic E-state index is 6.10. The fraction of sp³-hybridized carbons (Fsp3) is 0.235. The molecule has 0 aliphatic heterocycles. The van der Waals surface area contributed by atoms with Gasteiger partial charge in [0.2, 0.25) is 5.95 Å². The summed E-state index contributed by atoms with van der Waals surface area (Å²) in [6.45, 7) is 3.01. The zero-order valence-electron chi connectivity index (χ0n) is 12.6. The number of hydrogen-bond acceptors (Lipinski definition) is 5. The minimum absolute atomic E-state index is 0.483. The quantitative estimate of drug-likeness (QED) is 0.704. The number of nitrogen functional groups attached to an aromatic ring is 1. The molecule has 0 fully saturated rings. The zero-order chi connectivity index (χ0) is 15.4. The summed E-state index contributed by atoms with van der Waals surface area (Å²) in [4.78, 5) is 13.2. The molecule has 0 unspecified atom stereocenters. The van der Waals surface area contributed by atoms with E-state index < -0.39 is 0 Å². The van der Waals surface area contributed by atoms with Gasteiger partial charge in [-0.2, -0.15) is 4.98 Å². The molecule has 0 aliphatic rings. The van der Waals surface area contributed by atoms with Crippen molar-refractivity contribution >= 4 is 22.8 Å². The Morgan fingerprint density at radius 3 is 2.73 bits per heavy atom. The fourth-order valence-electron chi connectivity index (χ4n) is 2.29. The molecule has 2 heterocycles. The van der Waals surface area contributed by atoms with Gasteiger partial charge in [-0.1, -0.05) is 43.7 Å². The minimum atomic E-state index is 0.483. The molecule has 0 saturated carbocycles. The van der Waals surface area contributed by atoms with Crippen molar-refractivity contribution < 1.29 is 0 Å². The number of fused-ring (bicyclic) bond motifs is 1. The Bertz CT molecular complexity index is 771. The van der Waals surface area contributed by atoms with Crippen LogP contribution in [-0.4, -0.2) is 21.5 Å². The number of nitrogens with zero attached hydrogens (tertiary/aromatic N) is 3. The summed E-state index contributed by atoms with van der Waals surface area (Å²) in [5.74, 6) is 1.08. The standard InChI is InChI=1S/C17H19N5/c1-2-3-9-19-17-20-11-13-10-14(12-7-5-4-6-8-12)15(18)21-16(13)22-17/h4-8,10-11H,2-3,9H2,1H3,(H3,18,19,20,21,22). The van der Waals surface area contributed by atoms with Crippen LogP contribution in [0.15, 0.2) is 42.6 Å². The molecule has 3 aromatic rings. The van der Waals surface area contributed by atoms with E-state index in [4.69, 9.17) is 5.73 Å². The van der Waals surface area contributed by atoms with Crippen molar-refractivity contribution in [2.45, 2.75) is 19.8 Å². The van der Waals surface area contributed by atoms with Crippen LogP contribution in [-0.2, 0) is 0 Å². The van der Waals surface area contributed by atoms with Gasteiger partial charge in [0.05, 0.1) is 0 Å². The van der Waals surface area contributed by atoms with Gasteiger partial charge in [-0.3, -0.25) is 0 Å². The van der Waals surface area contributed by atoms with Crippen molar-refractivity contribution in [1.29, 1.82) is 0 Å². The van der Waals surface area contributed by atoms with Crippen LogP contribution in [0, 0.1) is 0 Å². The number of nitrogens with one attached hydrogen (secondary N) is 1. The largest absolute Gasteiger partial charge is 0.383 e. The van der Waals surface area contributed by atoms with Crippen LogP contribution in [0.1, 0.15) is 19.8 Å². The van der Waals surface area contributed by atoms with Crippen molar-refractivity contribution in [3.8, 4) is 11.1 Å². The third kappa shape index (κ3) is 2.98. The van der Waals surface area contributed by atoms with Crippen molar-refractivity contribution in [1.82, 2.24) is 15.0 Å². The normalized spacial score (nSPS) is 10.8. The number of anilines is 2. The lowest BCUT2D eigenvalue weighted by atomic mass is 10.1. The second-order valence-electron chi connectivity index (χ2n) is 5.17. The number of rotatable bonds is 5. The van der Waals surface area contributed by atoms with Crippen LogP contribution in [0.4, 0.5) is 11.8 Å². The Morgan fingerprint density at radius 1 is 1.14 bits per heavy atom. The van der Waals surface area contributed by atoms with E-state index >= 15 is 0 Å². The first-order chi connectivity index (χ1) is 10.8. The SMILES string of the molecule is CCCCNc1ncc2cc(-c3ccccc3)c(N)nc2n1. The van der Waals surface area contributed by atoms with Crippen LogP contribution in [0.5, 0.6) is 0 Å². The lowest BCUT2D eigenvalue weighted by Gasteiger charge is -2.08. The highest BCUT2D eigenvalue weighted by atomic mass is 15.1. The molecule has 0 saturated heterocycles. The number of pyridine rings is 1. The van der Waals surface area contributed by atoms with Gasteiger partial charge in [-0.05, 0) is 18.1 Å². The maximum atomic E-state index is 6.10. The number of aromatic nitrogens is 3. The van der Waals surface area contributed by atoms with Gasteiger partial charge in [0.25, 0.3) is 0 Å². The highest BCUT2D eigenvalue weighted by molar-refractivity contribution is 5.86. The summed E-state index contributed by atoms with van der Waals surface area (Å²) < 4.78 is 0. The summed E-state index contributed by atoms with van der Waals surface area (Å²) in [5, 5.41) is 4.08. The third-order valence-corrected chi connectivity index (χ3v) is 3.50. The lowest BCUT2D eigenvalue weighted by Crippen LogP contribution is -2.06. The summed E-state index contributed by atoms with van der Waals surface area (Å²) in [5.41, 5.74) is 8.66. The first-order valence-electron chi connectivity index (χ1n) is 7.50. The third-order valence-electron chi connectivity index (χ3n) is 3.50. The monoisotopic (exact) mass is 293 g/mol. The van der Waals surface area contributed by atoms with Crippen molar-refractivity contribution in [2.24, 2.45) is 0 Å². The average Bonchev–Trinajstić information content (AvgIpc) is 2.55. The van der Waals surface area contributed by atoms with Crippen molar-refractivity contribution in [3.05, 3.63) is 42.6 Å². The fourth-order valence-corrected chi connectivity index (χ4v) is 2.29. The molecule has 0 aliphatic carbocycles. The van der Waals surface area contributed by atoms with E-state index in [9.17, 15) is 0 Å². The molecule has 3 N–H and O–H groups in total. The van der Waals surface area contributed by atoms with Gasteiger partial charge in [-0.15, -0.1) is 0 Å². The molecule has 0 radical (unpaired) electrons. The molecule has 0 atom stereocenters. The van der Waals surface area contributed by atoms with E-state index in [1.807, 2.05) is 36.4 Å². The first-order valence-corrected chi connectivity index (χ1v) is 7.50. The molecular formula is C17H19N5. The minimum Gasteiger partial charge on any atom is -0.383 e. The first kappa shape index (κ1) is 14.3. The highest BCUT2D eigenvalue weighted by Crippen LogP contribution is 2.27. The average molecular weight is 293 g/mol. The predicted molar refractivity (Wildman–Crippen MR) is 90.6 cm³/mol. The molecule has 0 bridgehead atoms. The smallest absolute Gasteiger partial charge is 0.224 e. The van der Waals surface area contributed by atoms with Crippen molar-refractivity contribution in [2.75, 3.05) is 17.6 Å². The van der Waals surface area contributed by atoms with Gasteiger partial charge in [0.15, 0.2) is 5.65 Å². The molecule has 0 spiro atoms. The number of nitrogens with two attached hydrogens (primary N) is 1. The van der Waals surface area contributed by atoms with Crippen LogP contribution in [0.2, 0.25) is 0 Å². The van der Waals surface area contributed by atoms with Crippen molar-refractivity contribution in [3.63, 3.8) is 0 Å². The van der Waals surface area contributed by atoms with Gasteiger partial charge in [-0.25, -0.2) is 9.97 Å². The number of hydrogen-bond donors (Lipinski definition) is 2. The van der Waals surface area contributed by atoms with E-state index in [-0.39, 0.29) is 0 Å². The summed E-state index contributed by atoms with van der Waals surface area (Å²) in [6.07, 6.45) is 4.01. The predicted octanol–water partition coefficient (Wildman–Crippen LogP) is 3.49. The zero-order valence-corrected chi connectivity index (χ0v) is 12.6. The summed E-state index contributed by atoms with van der Waals surface area (Å²) in [6, 6.07) is 12.0. The molecule has 0 amide bonds. The number of unbranched alkanes of at least 4 members (excludes halogenated alkanes) is 1. The molecule has 112 valence electrons. The summed E-state index contributed by atoms with van der Waals surface area (Å²) >= 11 is 0. The molecular weight excluding hydrogens is 274 g/mol. The topological polar surface area (TPSA) is 76.7 Å². The summed E-state index contributed by atoms with van der Waals surface area (Å²) in [7, 11) is 0. The maximum Gasteiger partial charge on any atom is 0.224 e. The van der Waals surface area contributed by atoms with Gasteiger partial charge in [0.1, 0.15) is 5.82 Å². The second-order valence-corrected chi connectivity index (χ2v) is 5.17. The van der Waals surface area contributed by atoms with Crippen LogP contribution >= 0.6 is 0 Å². The van der Waals surface area contributed by atoms with Crippen LogP contribution in [0.3, 0.4) is 0 Å². The number of benzene rings is 1. The highest BCUT2D eigenvalue weighted by Gasteiger charge is 2.08. The molecule has 22 heavy (non-hydrogen) atoms. The van der Waals surface area contributed by atoms with Crippen LogP contribution < -0.4 is 11.1 Å². The van der Waals surface area contributed by atoms with Gasteiger partial charge >= 0.3 is 0 Å². The van der Waals surface area contributed by atoms with Gasteiger partial charge < -0.3 is 11.1 Å². The second kappa shape index (κ2) is 6.39. The molecule has 5 heteroatoms.